The maximum Gasteiger partial charge on any atom is 0.323 e. The van der Waals surface area contributed by atoms with E-state index in [0.717, 1.165) is 6.92 Å². The molecule has 8 nitrogen and oxygen atoms in total. The molecule has 2 N–H and O–H groups in total. The van der Waals surface area contributed by atoms with Gasteiger partial charge in [0.05, 0.1) is 4.92 Å². The smallest absolute Gasteiger partial charge is 0.323 e. The summed E-state index contributed by atoms with van der Waals surface area (Å²) in [7, 11) is -4.25. The van der Waals surface area contributed by atoms with E-state index in [4.69, 9.17) is 5.11 Å². The SMILES string of the molecule is Cc1cc(NS(=O)(=O)C(C)C(=O)O)c([N+](=O)[O-])cc1C. The molecule has 0 bridgehead atoms. The van der Waals surface area contributed by atoms with Crippen LogP contribution in [0.5, 0.6) is 0 Å². The molecule has 0 radical (unpaired) electrons. The summed E-state index contributed by atoms with van der Waals surface area (Å²) in [5.74, 6) is -1.54. The van der Waals surface area contributed by atoms with Crippen LogP contribution in [-0.2, 0) is 14.8 Å². The van der Waals surface area contributed by atoms with Gasteiger partial charge in [0.15, 0.2) is 5.25 Å². The lowest BCUT2D eigenvalue weighted by atomic mass is 10.1. The monoisotopic (exact) mass is 302 g/mol. The Morgan fingerprint density at radius 3 is 2.30 bits per heavy atom. The Morgan fingerprint density at radius 2 is 1.85 bits per heavy atom. The molecule has 9 heteroatoms. The Hall–Kier alpha value is -2.16. The molecular formula is C11H14N2O6S. The normalized spacial score (nSPS) is 12.8. The number of benzene rings is 1. The van der Waals surface area contributed by atoms with Crippen LogP contribution in [0, 0.1) is 24.0 Å². The van der Waals surface area contributed by atoms with Gasteiger partial charge in [0.1, 0.15) is 5.69 Å². The molecule has 1 atom stereocenters. The van der Waals surface area contributed by atoms with Gasteiger partial charge < -0.3 is 5.11 Å². The Morgan fingerprint density at radius 1 is 1.35 bits per heavy atom. The Balaban J connectivity index is 3.31. The van der Waals surface area contributed by atoms with Crippen molar-refractivity contribution < 1.29 is 23.2 Å². The van der Waals surface area contributed by atoms with Crippen LogP contribution in [0.3, 0.4) is 0 Å². The lowest BCUT2D eigenvalue weighted by Crippen LogP contribution is -2.32. The summed E-state index contributed by atoms with van der Waals surface area (Å²) in [6, 6.07) is 2.54. The van der Waals surface area contributed by atoms with Crippen LogP contribution in [0.1, 0.15) is 18.1 Å². The number of nitrogens with zero attached hydrogens (tertiary/aromatic N) is 1. The van der Waals surface area contributed by atoms with Crippen LogP contribution in [0.25, 0.3) is 0 Å². The molecule has 0 aliphatic carbocycles. The van der Waals surface area contributed by atoms with Crippen molar-refractivity contribution in [3.8, 4) is 0 Å². The highest BCUT2D eigenvalue weighted by Crippen LogP contribution is 2.29. The minimum atomic E-state index is -4.25. The predicted molar refractivity (Wildman–Crippen MR) is 72.2 cm³/mol. The van der Waals surface area contributed by atoms with Crippen LogP contribution in [0.4, 0.5) is 11.4 Å². The number of nitro benzene ring substituents is 1. The molecule has 0 saturated carbocycles. The Labute approximate surface area is 115 Å². The zero-order valence-electron chi connectivity index (χ0n) is 11.1. The summed E-state index contributed by atoms with van der Waals surface area (Å²) in [5, 5.41) is 17.9. The van der Waals surface area contributed by atoms with Gasteiger partial charge in [-0.3, -0.25) is 19.6 Å². The van der Waals surface area contributed by atoms with Gasteiger partial charge in [0.25, 0.3) is 5.69 Å². The quantitative estimate of drug-likeness (QED) is 0.625. The maximum absolute atomic E-state index is 11.8. The summed E-state index contributed by atoms with van der Waals surface area (Å²) >= 11 is 0. The van der Waals surface area contributed by atoms with Crippen molar-refractivity contribution in [2.24, 2.45) is 0 Å². The molecule has 0 fully saturated rings. The van der Waals surface area contributed by atoms with E-state index in [2.05, 4.69) is 0 Å². The molecule has 110 valence electrons. The van der Waals surface area contributed by atoms with Gasteiger partial charge in [-0.15, -0.1) is 0 Å². The number of rotatable bonds is 5. The molecule has 0 aliphatic heterocycles. The molecule has 0 aromatic heterocycles. The summed E-state index contributed by atoms with van der Waals surface area (Å²) in [6.45, 7) is 4.30. The first kappa shape index (κ1) is 15.9. The summed E-state index contributed by atoms with van der Waals surface area (Å²) < 4.78 is 25.6. The number of sulfonamides is 1. The highest BCUT2D eigenvalue weighted by Gasteiger charge is 2.30. The number of carbonyl (C=O) groups is 1. The standard InChI is InChI=1S/C11H14N2O6S/c1-6-4-9(10(13(16)17)5-7(6)2)12-20(18,19)8(3)11(14)15/h4-5,8,12H,1-3H3,(H,14,15). The van der Waals surface area contributed by atoms with Gasteiger partial charge in [-0.05, 0) is 38.0 Å². The van der Waals surface area contributed by atoms with Crippen LogP contribution in [-0.4, -0.2) is 29.7 Å². The average Bonchev–Trinajstić information content (AvgIpc) is 2.31. The fourth-order valence-corrected chi connectivity index (χ4v) is 2.32. The van der Waals surface area contributed by atoms with E-state index in [9.17, 15) is 23.3 Å². The lowest BCUT2D eigenvalue weighted by Gasteiger charge is -2.12. The van der Waals surface area contributed by atoms with Crippen molar-refractivity contribution in [1.82, 2.24) is 0 Å². The van der Waals surface area contributed by atoms with Gasteiger partial charge >= 0.3 is 5.97 Å². The first-order valence-corrected chi connectivity index (χ1v) is 7.11. The Kier molecular flexibility index (Phi) is 4.33. The minimum Gasteiger partial charge on any atom is -0.480 e. The number of anilines is 1. The Bertz CT molecular complexity index is 668. The number of carboxylic acid groups (broad SMARTS) is 1. The zero-order chi connectivity index (χ0) is 15.7. The minimum absolute atomic E-state index is 0.244. The van der Waals surface area contributed by atoms with E-state index < -0.39 is 31.9 Å². The molecule has 1 aromatic rings. The number of aryl methyl sites for hydroxylation is 2. The van der Waals surface area contributed by atoms with Crippen LogP contribution in [0.15, 0.2) is 12.1 Å². The van der Waals surface area contributed by atoms with Gasteiger partial charge in [-0.25, -0.2) is 8.42 Å². The van der Waals surface area contributed by atoms with Crippen molar-refractivity contribution in [3.63, 3.8) is 0 Å². The largest absolute Gasteiger partial charge is 0.480 e. The second-order valence-corrected chi connectivity index (χ2v) is 6.34. The molecule has 0 aliphatic rings. The molecule has 0 amide bonds. The number of hydrogen-bond donors (Lipinski definition) is 2. The molecule has 1 rings (SSSR count). The molecule has 1 aromatic carbocycles. The van der Waals surface area contributed by atoms with Gasteiger partial charge in [0.2, 0.25) is 10.0 Å². The second kappa shape index (κ2) is 5.45. The van der Waals surface area contributed by atoms with Crippen molar-refractivity contribution in [1.29, 1.82) is 0 Å². The van der Waals surface area contributed by atoms with Gasteiger partial charge in [0, 0.05) is 6.07 Å². The highest BCUT2D eigenvalue weighted by atomic mass is 32.2. The van der Waals surface area contributed by atoms with Crippen LogP contribution < -0.4 is 4.72 Å². The van der Waals surface area contributed by atoms with Crippen molar-refractivity contribution in [2.45, 2.75) is 26.0 Å². The van der Waals surface area contributed by atoms with E-state index in [1.807, 2.05) is 4.72 Å². The topological polar surface area (TPSA) is 127 Å². The van der Waals surface area contributed by atoms with Crippen LogP contribution in [0.2, 0.25) is 0 Å². The fraction of sp³-hybridized carbons (Fsp3) is 0.364. The van der Waals surface area contributed by atoms with Crippen molar-refractivity contribution >= 4 is 27.4 Å². The average molecular weight is 302 g/mol. The molecule has 0 spiro atoms. The third-order valence-electron chi connectivity index (χ3n) is 2.87. The first-order chi connectivity index (χ1) is 9.06. The maximum atomic E-state index is 11.8. The summed E-state index contributed by atoms with van der Waals surface area (Å²) in [6.07, 6.45) is 0. The molecule has 0 heterocycles. The first-order valence-electron chi connectivity index (χ1n) is 5.56. The lowest BCUT2D eigenvalue weighted by molar-refractivity contribution is -0.383. The van der Waals surface area contributed by atoms with Crippen molar-refractivity contribution in [2.75, 3.05) is 4.72 Å². The highest BCUT2D eigenvalue weighted by molar-refractivity contribution is 7.94. The van der Waals surface area contributed by atoms with Crippen LogP contribution >= 0.6 is 0 Å². The van der Waals surface area contributed by atoms with Gasteiger partial charge in [-0.2, -0.15) is 0 Å². The van der Waals surface area contributed by atoms with E-state index >= 15 is 0 Å². The van der Waals surface area contributed by atoms with Gasteiger partial charge in [-0.1, -0.05) is 0 Å². The number of aliphatic carboxylic acids is 1. The predicted octanol–water partition coefficient (Wildman–Crippen LogP) is 1.43. The summed E-state index contributed by atoms with van der Waals surface area (Å²) in [4.78, 5) is 20.9. The third kappa shape index (κ3) is 3.23. The van der Waals surface area contributed by atoms with E-state index in [-0.39, 0.29) is 5.69 Å². The molecule has 0 saturated heterocycles. The van der Waals surface area contributed by atoms with E-state index in [0.29, 0.717) is 11.1 Å². The fourth-order valence-electron chi connectivity index (χ4n) is 1.41. The molecular weight excluding hydrogens is 288 g/mol. The summed E-state index contributed by atoms with van der Waals surface area (Å²) in [5.41, 5.74) is 0.614. The number of nitrogens with one attached hydrogen (secondary N) is 1. The van der Waals surface area contributed by atoms with E-state index in [1.165, 1.54) is 12.1 Å². The van der Waals surface area contributed by atoms with E-state index in [1.54, 1.807) is 13.8 Å². The zero-order valence-corrected chi connectivity index (χ0v) is 11.9. The third-order valence-corrected chi connectivity index (χ3v) is 4.51. The number of nitro groups is 1. The number of carboxylic acids is 1. The molecule has 1 unspecified atom stereocenters. The number of hydrogen-bond acceptors (Lipinski definition) is 5. The molecule has 20 heavy (non-hydrogen) atoms. The second-order valence-electron chi connectivity index (χ2n) is 4.34. The van der Waals surface area contributed by atoms with Crippen molar-refractivity contribution in [3.05, 3.63) is 33.4 Å².